The van der Waals surface area contributed by atoms with E-state index >= 15 is 0 Å². The normalized spacial score (nSPS) is 14.1. The molecule has 62 valence electrons. The van der Waals surface area contributed by atoms with Crippen molar-refractivity contribution in [3.05, 3.63) is 0 Å². The van der Waals surface area contributed by atoms with Crippen molar-refractivity contribution in [3.8, 4) is 0 Å². The summed E-state index contributed by atoms with van der Waals surface area (Å²) in [4.78, 5) is 0. The fraction of sp³-hybridized carbons (Fsp3) is 1.00. The molecule has 0 heterocycles. The van der Waals surface area contributed by atoms with Gasteiger partial charge in [0.2, 0.25) is 0 Å². The van der Waals surface area contributed by atoms with Crippen molar-refractivity contribution in [2.75, 3.05) is 13.2 Å². The lowest BCUT2D eigenvalue weighted by Gasteiger charge is -2.07. The number of ether oxygens (including phenoxy) is 1. The zero-order valence-electron chi connectivity index (χ0n) is 7.13. The maximum atomic E-state index is 8.79. The summed E-state index contributed by atoms with van der Waals surface area (Å²) in [5, 5.41) is 8.79. The van der Waals surface area contributed by atoms with Gasteiger partial charge in [0.05, 0.1) is 12.7 Å². The van der Waals surface area contributed by atoms with Crippen molar-refractivity contribution in [3.63, 3.8) is 0 Å². The predicted molar refractivity (Wildman–Crippen MR) is 42.0 cm³/mol. The molecule has 0 spiro atoms. The van der Waals surface area contributed by atoms with Crippen LogP contribution in [0.1, 0.15) is 27.2 Å². The summed E-state index contributed by atoms with van der Waals surface area (Å²) in [6.45, 7) is 7.28. The molecule has 1 atom stereocenters. The second-order valence-electron chi connectivity index (χ2n) is 3.11. The van der Waals surface area contributed by atoms with E-state index in [0.717, 1.165) is 13.0 Å². The lowest BCUT2D eigenvalue weighted by molar-refractivity contribution is 0.0417. The monoisotopic (exact) mass is 146 g/mol. The van der Waals surface area contributed by atoms with E-state index in [1.54, 1.807) is 6.92 Å². The van der Waals surface area contributed by atoms with Gasteiger partial charge in [0.1, 0.15) is 0 Å². The molecule has 0 rings (SSSR count). The number of hydrogen-bond acceptors (Lipinski definition) is 2. The Morgan fingerprint density at radius 3 is 2.30 bits per heavy atom. The Hall–Kier alpha value is -0.0800. The summed E-state index contributed by atoms with van der Waals surface area (Å²) in [6, 6.07) is 0. The van der Waals surface area contributed by atoms with Crippen LogP contribution in [0.3, 0.4) is 0 Å². The first-order chi connectivity index (χ1) is 4.63. The van der Waals surface area contributed by atoms with Gasteiger partial charge in [-0.05, 0) is 19.3 Å². The highest BCUT2D eigenvalue weighted by molar-refractivity contribution is 4.45. The quantitative estimate of drug-likeness (QED) is 0.594. The molecule has 0 aliphatic rings. The minimum atomic E-state index is -0.327. The topological polar surface area (TPSA) is 29.5 Å². The summed E-state index contributed by atoms with van der Waals surface area (Å²) >= 11 is 0. The summed E-state index contributed by atoms with van der Waals surface area (Å²) in [5.74, 6) is 0.689. The van der Waals surface area contributed by atoms with E-state index in [-0.39, 0.29) is 6.10 Å². The summed E-state index contributed by atoms with van der Waals surface area (Å²) < 4.78 is 5.16. The van der Waals surface area contributed by atoms with Crippen molar-refractivity contribution in [2.45, 2.75) is 33.3 Å². The molecule has 0 aliphatic heterocycles. The van der Waals surface area contributed by atoms with Gasteiger partial charge in [0.25, 0.3) is 0 Å². The minimum Gasteiger partial charge on any atom is -0.391 e. The lowest BCUT2D eigenvalue weighted by Crippen LogP contribution is -2.11. The second-order valence-corrected chi connectivity index (χ2v) is 3.11. The average Bonchev–Trinajstić information content (AvgIpc) is 1.79. The Balaban J connectivity index is 2.91. The Morgan fingerprint density at radius 1 is 1.30 bits per heavy atom. The number of aliphatic hydroxyl groups is 1. The lowest BCUT2D eigenvalue weighted by atomic mass is 10.1. The SMILES string of the molecule is CC(C)CCOC[C@H](C)O. The third-order valence-electron chi connectivity index (χ3n) is 1.20. The minimum absolute atomic E-state index is 0.327. The highest BCUT2D eigenvalue weighted by atomic mass is 16.5. The van der Waals surface area contributed by atoms with Crippen molar-refractivity contribution >= 4 is 0 Å². The van der Waals surface area contributed by atoms with Crippen molar-refractivity contribution in [1.82, 2.24) is 0 Å². The van der Waals surface area contributed by atoms with Crippen molar-refractivity contribution in [1.29, 1.82) is 0 Å². The van der Waals surface area contributed by atoms with Gasteiger partial charge in [-0.3, -0.25) is 0 Å². The molecule has 1 N–H and O–H groups in total. The van der Waals surface area contributed by atoms with E-state index in [2.05, 4.69) is 13.8 Å². The van der Waals surface area contributed by atoms with E-state index in [0.29, 0.717) is 12.5 Å². The second kappa shape index (κ2) is 5.69. The maximum Gasteiger partial charge on any atom is 0.0745 e. The molecule has 0 radical (unpaired) electrons. The van der Waals surface area contributed by atoms with Gasteiger partial charge in [-0.2, -0.15) is 0 Å². The number of aliphatic hydroxyl groups excluding tert-OH is 1. The molecule has 0 fully saturated rings. The van der Waals surface area contributed by atoms with E-state index in [9.17, 15) is 0 Å². The predicted octanol–water partition coefficient (Wildman–Crippen LogP) is 1.43. The Kier molecular flexibility index (Phi) is 5.64. The molecule has 0 aromatic rings. The smallest absolute Gasteiger partial charge is 0.0745 e. The molecule has 0 amide bonds. The Bertz CT molecular complexity index is 59.7. The van der Waals surface area contributed by atoms with E-state index in [1.165, 1.54) is 0 Å². The van der Waals surface area contributed by atoms with Gasteiger partial charge in [-0.25, -0.2) is 0 Å². The van der Waals surface area contributed by atoms with Gasteiger partial charge in [0, 0.05) is 6.61 Å². The first-order valence-electron chi connectivity index (χ1n) is 3.88. The van der Waals surface area contributed by atoms with Crippen LogP contribution in [0.4, 0.5) is 0 Å². The van der Waals surface area contributed by atoms with Gasteiger partial charge < -0.3 is 9.84 Å². The number of rotatable bonds is 5. The van der Waals surface area contributed by atoms with Gasteiger partial charge in [-0.15, -0.1) is 0 Å². The highest BCUT2D eigenvalue weighted by Gasteiger charge is 1.96. The maximum absolute atomic E-state index is 8.79. The standard InChI is InChI=1S/C8H18O2/c1-7(2)4-5-10-6-8(3)9/h7-9H,4-6H2,1-3H3/t8-/m0/s1. The van der Waals surface area contributed by atoms with Crippen LogP contribution in [-0.2, 0) is 4.74 Å². The molecule has 0 unspecified atom stereocenters. The fourth-order valence-electron chi connectivity index (χ4n) is 0.573. The number of hydrogen-bond donors (Lipinski definition) is 1. The first-order valence-corrected chi connectivity index (χ1v) is 3.88. The molecular formula is C8H18O2. The highest BCUT2D eigenvalue weighted by Crippen LogP contribution is 1.98. The zero-order valence-corrected chi connectivity index (χ0v) is 7.13. The van der Waals surface area contributed by atoms with E-state index in [1.807, 2.05) is 0 Å². The van der Waals surface area contributed by atoms with Crippen LogP contribution in [0.25, 0.3) is 0 Å². The molecule has 10 heavy (non-hydrogen) atoms. The van der Waals surface area contributed by atoms with E-state index < -0.39 is 0 Å². The third kappa shape index (κ3) is 7.92. The molecule has 0 aromatic carbocycles. The zero-order chi connectivity index (χ0) is 7.98. The van der Waals surface area contributed by atoms with Crippen LogP contribution < -0.4 is 0 Å². The van der Waals surface area contributed by atoms with Crippen LogP contribution in [-0.4, -0.2) is 24.4 Å². The van der Waals surface area contributed by atoms with Gasteiger partial charge in [0.15, 0.2) is 0 Å². The van der Waals surface area contributed by atoms with Crippen LogP contribution >= 0.6 is 0 Å². The van der Waals surface area contributed by atoms with Crippen LogP contribution in [0, 0.1) is 5.92 Å². The molecular weight excluding hydrogens is 128 g/mol. The molecule has 2 heteroatoms. The van der Waals surface area contributed by atoms with Gasteiger partial charge >= 0.3 is 0 Å². The van der Waals surface area contributed by atoms with Crippen LogP contribution in [0.5, 0.6) is 0 Å². The van der Waals surface area contributed by atoms with E-state index in [4.69, 9.17) is 9.84 Å². The molecule has 0 aromatic heterocycles. The summed E-state index contributed by atoms with van der Waals surface area (Å²) in [5.41, 5.74) is 0. The summed E-state index contributed by atoms with van der Waals surface area (Å²) in [7, 11) is 0. The molecule has 0 bridgehead atoms. The molecule has 0 saturated heterocycles. The molecule has 0 saturated carbocycles. The third-order valence-corrected chi connectivity index (χ3v) is 1.20. The largest absolute Gasteiger partial charge is 0.391 e. The van der Waals surface area contributed by atoms with Crippen LogP contribution in [0.15, 0.2) is 0 Å². The first kappa shape index (κ1) is 9.92. The summed E-state index contributed by atoms with van der Waals surface area (Å²) in [6.07, 6.45) is 0.749. The van der Waals surface area contributed by atoms with Gasteiger partial charge in [-0.1, -0.05) is 13.8 Å². The van der Waals surface area contributed by atoms with Crippen molar-refractivity contribution in [2.24, 2.45) is 5.92 Å². The average molecular weight is 146 g/mol. The van der Waals surface area contributed by atoms with Crippen LogP contribution in [0.2, 0.25) is 0 Å². The fourth-order valence-corrected chi connectivity index (χ4v) is 0.573. The molecule has 0 aliphatic carbocycles. The van der Waals surface area contributed by atoms with Crippen molar-refractivity contribution < 1.29 is 9.84 Å². The Labute approximate surface area is 63.2 Å². The Morgan fingerprint density at radius 2 is 1.90 bits per heavy atom. The molecule has 2 nitrogen and oxygen atoms in total.